The molecule has 1 nitrogen and oxygen atoms in total. The zero-order valence-electron chi connectivity index (χ0n) is 6.45. The Morgan fingerprint density at radius 2 is 1.00 bits per heavy atom. The van der Waals surface area contributed by atoms with Crippen LogP contribution in [0.2, 0.25) is 0 Å². The predicted octanol–water partition coefficient (Wildman–Crippen LogP) is 0.547. The molecule has 0 amide bonds. The van der Waals surface area contributed by atoms with Crippen LogP contribution in [0.5, 0.6) is 0 Å². The van der Waals surface area contributed by atoms with Crippen molar-refractivity contribution >= 4 is 0 Å². The predicted molar refractivity (Wildman–Crippen MR) is 26.2 cm³/mol. The van der Waals surface area contributed by atoms with Crippen molar-refractivity contribution in [1.29, 1.82) is 0 Å². The van der Waals surface area contributed by atoms with E-state index >= 15 is 0 Å². The van der Waals surface area contributed by atoms with Gasteiger partial charge in [0, 0.05) is 0 Å². The number of quaternary nitrogens is 1. The van der Waals surface area contributed by atoms with Crippen molar-refractivity contribution in [3.63, 3.8) is 0 Å². The van der Waals surface area contributed by atoms with Gasteiger partial charge in [-0.25, -0.2) is 0 Å². The Hall–Kier alpha value is -0.0400. The SMILES string of the molecule is C[N+](C)(C)C.[H+].[H+]. The van der Waals surface area contributed by atoms with E-state index in [2.05, 4.69) is 28.2 Å². The van der Waals surface area contributed by atoms with Gasteiger partial charge in [0.2, 0.25) is 0 Å². The molecule has 0 aromatic carbocycles. The first-order chi connectivity index (χ1) is 2.00. The summed E-state index contributed by atoms with van der Waals surface area (Å²) >= 11 is 0. The summed E-state index contributed by atoms with van der Waals surface area (Å²) in [5.41, 5.74) is 0. The Kier molecular flexibility index (Phi) is 0.969. The van der Waals surface area contributed by atoms with Crippen molar-refractivity contribution in [2.24, 2.45) is 0 Å². The Morgan fingerprint density at radius 1 is 1.00 bits per heavy atom. The molecule has 0 spiro atoms. The van der Waals surface area contributed by atoms with E-state index in [4.69, 9.17) is 0 Å². The van der Waals surface area contributed by atoms with Crippen molar-refractivity contribution in [2.75, 3.05) is 28.2 Å². The lowest BCUT2D eigenvalue weighted by Crippen LogP contribution is -2.27. The van der Waals surface area contributed by atoms with Gasteiger partial charge in [0.15, 0.2) is 0 Å². The third-order valence-electron chi connectivity index (χ3n) is 0. The summed E-state index contributed by atoms with van der Waals surface area (Å²) in [5, 5.41) is 0. The summed E-state index contributed by atoms with van der Waals surface area (Å²) < 4.78 is 1.00. The summed E-state index contributed by atoms with van der Waals surface area (Å²) in [4.78, 5) is 0. The summed E-state index contributed by atoms with van der Waals surface area (Å²) in [6.07, 6.45) is 0. The summed E-state index contributed by atoms with van der Waals surface area (Å²) in [6, 6.07) is 0. The van der Waals surface area contributed by atoms with Gasteiger partial charge in [-0.05, 0) is 0 Å². The second kappa shape index (κ2) is 0.977. The van der Waals surface area contributed by atoms with E-state index in [1.54, 1.807) is 0 Å². The lowest BCUT2D eigenvalue weighted by molar-refractivity contribution is -0.849. The fourth-order valence-electron chi connectivity index (χ4n) is 0. The van der Waals surface area contributed by atoms with E-state index in [0.717, 1.165) is 4.48 Å². The van der Waals surface area contributed by atoms with Gasteiger partial charge in [-0.1, -0.05) is 0 Å². The largest absolute Gasteiger partial charge is 1.00 e. The third kappa shape index (κ3) is 9510. The van der Waals surface area contributed by atoms with Gasteiger partial charge in [-0.3, -0.25) is 0 Å². The summed E-state index contributed by atoms with van der Waals surface area (Å²) in [6.45, 7) is 0. The van der Waals surface area contributed by atoms with Gasteiger partial charge in [-0.15, -0.1) is 0 Å². The van der Waals surface area contributed by atoms with Crippen molar-refractivity contribution < 1.29 is 7.34 Å². The molecule has 0 saturated heterocycles. The molecule has 0 unspecified atom stereocenters. The highest BCUT2D eigenvalue weighted by molar-refractivity contribution is 3.87. The summed E-state index contributed by atoms with van der Waals surface area (Å²) in [7, 11) is 8.50. The Bertz CT molecular complexity index is 25.2. The fraction of sp³-hybridized carbons (Fsp3) is 1.00. The number of hydrogen-bond donors (Lipinski definition) is 0. The average Bonchev–Trinajstić information content (AvgIpc) is 0.722. The highest BCUT2D eigenvalue weighted by Gasteiger charge is 1.88. The topological polar surface area (TPSA) is 0 Å². The molecule has 0 aliphatic carbocycles. The van der Waals surface area contributed by atoms with Crippen LogP contribution in [0.3, 0.4) is 0 Å². The van der Waals surface area contributed by atoms with Crippen LogP contribution in [0.4, 0.5) is 0 Å². The maximum atomic E-state index is 2.12. The van der Waals surface area contributed by atoms with Gasteiger partial charge in [0.1, 0.15) is 0 Å². The van der Waals surface area contributed by atoms with Crippen LogP contribution in [0.1, 0.15) is 2.85 Å². The molecule has 0 saturated carbocycles. The highest BCUT2D eigenvalue weighted by Crippen LogP contribution is 1.73. The fourth-order valence-corrected chi connectivity index (χ4v) is 0. The summed E-state index contributed by atoms with van der Waals surface area (Å²) in [5.74, 6) is 0. The molecular formula is C4H14N+3. The Morgan fingerprint density at radius 3 is 1.00 bits per heavy atom. The van der Waals surface area contributed by atoms with E-state index < -0.39 is 0 Å². The quantitative estimate of drug-likeness (QED) is 0.369. The lowest BCUT2D eigenvalue weighted by Gasteiger charge is -2.14. The molecule has 32 valence electrons. The van der Waals surface area contributed by atoms with Crippen LogP contribution in [-0.4, -0.2) is 32.7 Å². The van der Waals surface area contributed by atoms with E-state index in [1.165, 1.54) is 0 Å². The van der Waals surface area contributed by atoms with Crippen LogP contribution in [0.25, 0.3) is 0 Å². The second-order valence-electron chi connectivity index (χ2n) is 2.68. The standard InChI is InChI=1S/C4H12N/c1-5(2,3)4/h1-4H3/q+1/p+2. The van der Waals surface area contributed by atoms with E-state index in [-0.39, 0.29) is 2.85 Å². The number of hydrogen-bond acceptors (Lipinski definition) is 0. The molecule has 0 bridgehead atoms. The average molecular weight is 76.2 g/mol. The first-order valence-electron chi connectivity index (χ1n) is 1.79. The van der Waals surface area contributed by atoms with Crippen LogP contribution < -0.4 is 0 Å². The third-order valence-corrected chi connectivity index (χ3v) is 0. The Balaban J connectivity index is -0.0000000800. The molecule has 0 fully saturated rings. The van der Waals surface area contributed by atoms with Crippen molar-refractivity contribution in [1.82, 2.24) is 0 Å². The zero-order valence-corrected chi connectivity index (χ0v) is 4.45. The smallest absolute Gasteiger partial charge is 0.333 e. The molecule has 1 heteroatoms. The van der Waals surface area contributed by atoms with E-state index in [0.29, 0.717) is 0 Å². The molecule has 0 atom stereocenters. The minimum Gasteiger partial charge on any atom is -0.333 e. The zero-order chi connectivity index (χ0) is 4.50. The van der Waals surface area contributed by atoms with E-state index in [1.807, 2.05) is 0 Å². The molecule has 0 aromatic heterocycles. The Labute approximate surface area is 36.8 Å². The molecule has 0 radical (unpaired) electrons. The molecule has 0 heterocycles. The van der Waals surface area contributed by atoms with Crippen LogP contribution in [0.15, 0.2) is 0 Å². The number of nitrogens with zero attached hydrogens (tertiary/aromatic N) is 1. The van der Waals surface area contributed by atoms with Crippen LogP contribution in [-0.2, 0) is 0 Å². The van der Waals surface area contributed by atoms with Crippen molar-refractivity contribution in [3.8, 4) is 0 Å². The highest BCUT2D eigenvalue weighted by atomic mass is 15.2. The first kappa shape index (κ1) is 4.96. The first-order valence-corrected chi connectivity index (χ1v) is 1.79. The maximum Gasteiger partial charge on any atom is 1.00 e. The lowest BCUT2D eigenvalue weighted by atomic mass is 10.8. The van der Waals surface area contributed by atoms with Gasteiger partial charge in [0.05, 0.1) is 28.2 Å². The maximum absolute atomic E-state index is 2.12. The molecule has 0 N–H and O–H groups in total. The van der Waals surface area contributed by atoms with E-state index in [9.17, 15) is 0 Å². The van der Waals surface area contributed by atoms with Crippen LogP contribution >= 0.6 is 0 Å². The van der Waals surface area contributed by atoms with Gasteiger partial charge in [0.25, 0.3) is 0 Å². The van der Waals surface area contributed by atoms with Gasteiger partial charge < -0.3 is 4.48 Å². The van der Waals surface area contributed by atoms with Crippen molar-refractivity contribution in [3.05, 3.63) is 0 Å². The molecular weight excluding hydrogens is 62.1 g/mol. The van der Waals surface area contributed by atoms with Crippen molar-refractivity contribution in [2.45, 2.75) is 0 Å². The molecule has 0 aromatic rings. The molecule has 0 rings (SSSR count). The van der Waals surface area contributed by atoms with Gasteiger partial charge >= 0.3 is 2.85 Å². The van der Waals surface area contributed by atoms with Crippen LogP contribution in [0, 0.1) is 0 Å². The van der Waals surface area contributed by atoms with Gasteiger partial charge in [-0.2, -0.15) is 0 Å². The minimum atomic E-state index is 0. The molecule has 0 aliphatic rings. The monoisotopic (exact) mass is 76.1 g/mol. The normalized spacial score (nSPS) is 12.0. The number of rotatable bonds is 0. The minimum absolute atomic E-state index is 0. The second-order valence-corrected chi connectivity index (χ2v) is 2.68. The molecule has 0 aliphatic heterocycles. The molecule has 5 heavy (non-hydrogen) atoms.